The third kappa shape index (κ3) is 2.46. The van der Waals surface area contributed by atoms with Gasteiger partial charge in [-0.15, -0.1) is 11.3 Å². The molecule has 6 heteroatoms. The Hall–Kier alpha value is -1.40. The largest absolute Gasteiger partial charge is 0.373 e. The zero-order valence-electron chi connectivity index (χ0n) is 11.9. The molecule has 2 aromatic heterocycles. The maximum Gasteiger partial charge on any atom is 0.271 e. The summed E-state index contributed by atoms with van der Waals surface area (Å²) in [5.41, 5.74) is 0.525. The molecule has 0 bridgehead atoms. The van der Waals surface area contributed by atoms with Gasteiger partial charge in [-0.25, -0.2) is 4.98 Å². The van der Waals surface area contributed by atoms with Crippen LogP contribution in [-0.2, 0) is 4.74 Å². The SMILES string of the molecule is O=C(N[C@H]1COC2(CCCCC2)C1)c1cn2ccsc2n1. The Balaban J connectivity index is 1.42. The maximum atomic E-state index is 12.3. The Bertz CT molecular complexity index is 628. The molecule has 1 aliphatic carbocycles. The van der Waals surface area contributed by atoms with Crippen LogP contribution in [0.4, 0.5) is 0 Å². The second kappa shape index (κ2) is 5.10. The summed E-state index contributed by atoms with van der Waals surface area (Å²) in [6.45, 7) is 0.633. The fourth-order valence-corrected chi connectivity index (χ4v) is 4.28. The van der Waals surface area contributed by atoms with Gasteiger partial charge in [-0.2, -0.15) is 0 Å². The molecule has 0 unspecified atom stereocenters. The molecule has 3 heterocycles. The van der Waals surface area contributed by atoms with E-state index in [1.54, 1.807) is 6.20 Å². The number of hydrogen-bond donors (Lipinski definition) is 1. The monoisotopic (exact) mass is 305 g/mol. The fraction of sp³-hybridized carbons (Fsp3) is 0.600. The number of thiazole rings is 1. The minimum absolute atomic E-state index is 0.0325. The zero-order chi connectivity index (χ0) is 14.3. The van der Waals surface area contributed by atoms with Gasteiger partial charge in [-0.3, -0.25) is 9.20 Å². The first-order valence-electron chi connectivity index (χ1n) is 7.61. The molecule has 1 spiro atoms. The van der Waals surface area contributed by atoms with Gasteiger partial charge in [0.2, 0.25) is 0 Å². The summed E-state index contributed by atoms with van der Waals surface area (Å²) in [5.74, 6) is -0.0904. The fourth-order valence-electron chi connectivity index (χ4n) is 3.58. The third-order valence-corrected chi connectivity index (χ3v) is 5.41. The second-order valence-electron chi connectivity index (χ2n) is 6.15. The number of nitrogens with zero attached hydrogens (tertiary/aromatic N) is 2. The summed E-state index contributed by atoms with van der Waals surface area (Å²) in [6, 6.07) is 0.121. The molecule has 112 valence electrons. The highest BCUT2D eigenvalue weighted by Gasteiger charge is 2.41. The smallest absolute Gasteiger partial charge is 0.271 e. The molecule has 1 N–H and O–H groups in total. The van der Waals surface area contributed by atoms with Crippen molar-refractivity contribution < 1.29 is 9.53 Å². The van der Waals surface area contributed by atoms with Crippen molar-refractivity contribution in [2.75, 3.05) is 6.61 Å². The van der Waals surface area contributed by atoms with Gasteiger partial charge < -0.3 is 10.1 Å². The standard InChI is InChI=1S/C15H19N3O2S/c19-13(12-9-18-6-7-21-14(18)17-12)16-11-8-15(20-10-11)4-2-1-3-5-15/h6-7,9,11H,1-5,8,10H2,(H,16,19)/t11-/m1/s1. The van der Waals surface area contributed by atoms with Crippen LogP contribution < -0.4 is 5.32 Å². The van der Waals surface area contributed by atoms with Crippen molar-refractivity contribution in [3.8, 4) is 0 Å². The number of carbonyl (C=O) groups excluding carboxylic acids is 1. The van der Waals surface area contributed by atoms with Gasteiger partial charge in [0.1, 0.15) is 5.69 Å². The number of hydrogen-bond acceptors (Lipinski definition) is 4. The van der Waals surface area contributed by atoms with Crippen molar-refractivity contribution in [3.63, 3.8) is 0 Å². The zero-order valence-corrected chi connectivity index (χ0v) is 12.7. The molecular formula is C15H19N3O2S. The average Bonchev–Trinajstić information content (AvgIpc) is 3.15. The quantitative estimate of drug-likeness (QED) is 0.928. The molecule has 0 aromatic carbocycles. The Labute approximate surface area is 127 Å². The van der Waals surface area contributed by atoms with E-state index in [1.165, 1.54) is 30.6 Å². The number of fused-ring (bicyclic) bond motifs is 1. The van der Waals surface area contributed by atoms with Crippen molar-refractivity contribution in [1.29, 1.82) is 0 Å². The van der Waals surface area contributed by atoms with E-state index in [4.69, 9.17) is 4.74 Å². The summed E-state index contributed by atoms with van der Waals surface area (Å²) >= 11 is 1.53. The van der Waals surface area contributed by atoms with Gasteiger partial charge in [0, 0.05) is 17.8 Å². The Morgan fingerprint density at radius 2 is 2.29 bits per heavy atom. The van der Waals surface area contributed by atoms with E-state index in [9.17, 15) is 4.79 Å². The molecule has 1 atom stereocenters. The van der Waals surface area contributed by atoms with Gasteiger partial charge in [0.05, 0.1) is 18.2 Å². The number of nitrogens with one attached hydrogen (secondary N) is 1. The lowest BCUT2D eigenvalue weighted by Crippen LogP contribution is -2.37. The Morgan fingerprint density at radius 3 is 3.10 bits per heavy atom. The van der Waals surface area contributed by atoms with Gasteiger partial charge in [0.15, 0.2) is 4.96 Å². The first-order valence-corrected chi connectivity index (χ1v) is 8.49. The Kier molecular flexibility index (Phi) is 3.23. The first-order chi connectivity index (χ1) is 10.2. The maximum absolute atomic E-state index is 12.3. The van der Waals surface area contributed by atoms with Crippen molar-refractivity contribution in [2.24, 2.45) is 0 Å². The number of carbonyl (C=O) groups is 1. The highest BCUT2D eigenvalue weighted by Crippen LogP contribution is 2.39. The van der Waals surface area contributed by atoms with Crippen LogP contribution in [0.2, 0.25) is 0 Å². The lowest BCUT2D eigenvalue weighted by molar-refractivity contribution is -0.0246. The number of amides is 1. The van der Waals surface area contributed by atoms with Crippen molar-refractivity contribution in [2.45, 2.75) is 50.2 Å². The summed E-state index contributed by atoms with van der Waals surface area (Å²) in [7, 11) is 0. The summed E-state index contributed by atoms with van der Waals surface area (Å²) in [4.78, 5) is 17.5. The topological polar surface area (TPSA) is 55.6 Å². The molecule has 0 radical (unpaired) electrons. The van der Waals surface area contributed by atoms with Crippen LogP contribution in [0.5, 0.6) is 0 Å². The first kappa shape index (κ1) is 13.3. The molecule has 2 aromatic rings. The normalized spacial score (nSPS) is 24.7. The summed E-state index contributed by atoms with van der Waals surface area (Å²) in [5, 5.41) is 5.04. The summed E-state index contributed by atoms with van der Waals surface area (Å²) < 4.78 is 7.92. The Morgan fingerprint density at radius 1 is 1.43 bits per heavy atom. The van der Waals surface area contributed by atoms with Crippen LogP contribution in [0.3, 0.4) is 0 Å². The minimum Gasteiger partial charge on any atom is -0.373 e. The van der Waals surface area contributed by atoms with Crippen molar-refractivity contribution in [3.05, 3.63) is 23.5 Å². The number of aromatic nitrogens is 2. The lowest BCUT2D eigenvalue weighted by atomic mass is 9.82. The van der Waals surface area contributed by atoms with E-state index in [0.29, 0.717) is 12.3 Å². The van der Waals surface area contributed by atoms with E-state index in [1.807, 2.05) is 16.0 Å². The van der Waals surface area contributed by atoms with Gasteiger partial charge in [-0.05, 0) is 19.3 Å². The molecule has 21 heavy (non-hydrogen) atoms. The van der Waals surface area contributed by atoms with Crippen LogP contribution in [0.1, 0.15) is 49.0 Å². The van der Waals surface area contributed by atoms with Crippen molar-refractivity contribution >= 4 is 22.2 Å². The highest BCUT2D eigenvalue weighted by atomic mass is 32.1. The predicted molar refractivity (Wildman–Crippen MR) is 80.7 cm³/mol. The second-order valence-corrected chi connectivity index (χ2v) is 7.02. The molecule has 2 aliphatic rings. The van der Waals surface area contributed by atoms with E-state index in [-0.39, 0.29) is 17.6 Å². The molecular weight excluding hydrogens is 286 g/mol. The summed E-state index contributed by atoms with van der Waals surface area (Å²) in [6.07, 6.45) is 10.7. The third-order valence-electron chi connectivity index (χ3n) is 4.64. The van der Waals surface area contributed by atoms with Crippen molar-refractivity contribution in [1.82, 2.24) is 14.7 Å². The molecule has 5 nitrogen and oxygen atoms in total. The van der Waals surface area contributed by atoms with E-state index >= 15 is 0 Å². The van der Waals surface area contributed by atoms with E-state index in [0.717, 1.165) is 24.2 Å². The van der Waals surface area contributed by atoms with Gasteiger partial charge >= 0.3 is 0 Å². The van der Waals surface area contributed by atoms with Gasteiger partial charge in [-0.1, -0.05) is 19.3 Å². The minimum atomic E-state index is -0.0904. The predicted octanol–water partition coefficient (Wildman–Crippen LogP) is 2.62. The highest BCUT2D eigenvalue weighted by molar-refractivity contribution is 7.15. The van der Waals surface area contributed by atoms with Crippen LogP contribution in [0, 0.1) is 0 Å². The number of imidazole rings is 1. The molecule has 1 saturated carbocycles. The van der Waals surface area contributed by atoms with Crippen LogP contribution in [-0.4, -0.2) is 33.5 Å². The number of rotatable bonds is 2. The average molecular weight is 305 g/mol. The lowest BCUT2D eigenvalue weighted by Gasteiger charge is -2.32. The molecule has 2 fully saturated rings. The van der Waals surface area contributed by atoms with Crippen LogP contribution in [0.25, 0.3) is 4.96 Å². The molecule has 4 rings (SSSR count). The molecule has 1 saturated heterocycles. The van der Waals surface area contributed by atoms with Crippen LogP contribution >= 0.6 is 11.3 Å². The molecule has 1 amide bonds. The molecule has 1 aliphatic heterocycles. The van der Waals surface area contributed by atoms with E-state index < -0.39 is 0 Å². The number of ether oxygens (including phenoxy) is 1. The van der Waals surface area contributed by atoms with E-state index in [2.05, 4.69) is 10.3 Å². The van der Waals surface area contributed by atoms with Gasteiger partial charge in [0.25, 0.3) is 5.91 Å². The van der Waals surface area contributed by atoms with Crippen LogP contribution in [0.15, 0.2) is 17.8 Å².